The fraction of sp³-hybridized carbons (Fsp3) is 0.333. The molecule has 0 saturated heterocycles. The van der Waals surface area contributed by atoms with E-state index in [0.717, 1.165) is 0 Å². The van der Waals surface area contributed by atoms with E-state index in [2.05, 4.69) is 55.8 Å². The van der Waals surface area contributed by atoms with Crippen LogP contribution in [0.15, 0.2) is 30.5 Å². The Morgan fingerprint density at radius 3 is 2.62 bits per heavy atom. The summed E-state index contributed by atoms with van der Waals surface area (Å²) < 4.78 is 2.30. The molecule has 0 unspecified atom stereocenters. The Kier molecular flexibility index (Phi) is 1.87. The lowest BCUT2D eigenvalue weighted by Gasteiger charge is -2.08. The predicted molar refractivity (Wildman–Crippen MR) is 57.1 cm³/mol. The van der Waals surface area contributed by atoms with Crippen LogP contribution in [0.3, 0.4) is 0 Å². The van der Waals surface area contributed by atoms with Gasteiger partial charge in [-0.25, -0.2) is 0 Å². The van der Waals surface area contributed by atoms with Crippen LogP contribution in [-0.2, 0) is 0 Å². The third kappa shape index (κ3) is 1.35. The molecule has 68 valence electrons. The molecule has 1 aromatic heterocycles. The minimum absolute atomic E-state index is 0.542. The molecule has 0 N–H and O–H groups in total. The van der Waals surface area contributed by atoms with Crippen molar-refractivity contribution in [1.82, 2.24) is 4.57 Å². The van der Waals surface area contributed by atoms with Gasteiger partial charge in [0.05, 0.1) is 0 Å². The highest BCUT2D eigenvalue weighted by atomic mass is 15.0. The molecule has 0 aliphatic carbocycles. The summed E-state index contributed by atoms with van der Waals surface area (Å²) in [7, 11) is 0. The van der Waals surface area contributed by atoms with Gasteiger partial charge in [-0.15, -0.1) is 0 Å². The van der Waals surface area contributed by atoms with Gasteiger partial charge in [0.15, 0.2) is 0 Å². The van der Waals surface area contributed by atoms with E-state index in [1.165, 1.54) is 16.5 Å². The normalized spacial score (nSPS) is 11.4. The molecule has 1 heterocycles. The third-order valence-electron chi connectivity index (χ3n) is 2.43. The van der Waals surface area contributed by atoms with Gasteiger partial charge in [-0.3, -0.25) is 0 Å². The molecular formula is C12H15N. The van der Waals surface area contributed by atoms with Gasteiger partial charge in [-0.1, -0.05) is 11.6 Å². The summed E-state index contributed by atoms with van der Waals surface area (Å²) in [6, 6.07) is 9.32. The zero-order valence-electron chi connectivity index (χ0n) is 8.41. The van der Waals surface area contributed by atoms with E-state index in [0.29, 0.717) is 6.04 Å². The minimum atomic E-state index is 0.542. The van der Waals surface area contributed by atoms with Crippen molar-refractivity contribution in [3.63, 3.8) is 0 Å². The standard InChI is InChI=1S/C12H15N/c1-9(2)13-7-6-11-8-10(3)4-5-12(11)13/h4-9H,1-3H3. The molecule has 0 atom stereocenters. The first-order valence-electron chi connectivity index (χ1n) is 4.75. The molecule has 0 radical (unpaired) electrons. The first-order chi connectivity index (χ1) is 6.18. The van der Waals surface area contributed by atoms with Crippen molar-refractivity contribution in [2.45, 2.75) is 26.8 Å². The Balaban J connectivity index is 2.69. The molecule has 0 spiro atoms. The monoisotopic (exact) mass is 173 g/mol. The van der Waals surface area contributed by atoms with Gasteiger partial charge in [0.2, 0.25) is 0 Å². The summed E-state index contributed by atoms with van der Waals surface area (Å²) >= 11 is 0. The van der Waals surface area contributed by atoms with Crippen molar-refractivity contribution in [2.24, 2.45) is 0 Å². The molecule has 1 heteroatoms. The number of rotatable bonds is 1. The van der Waals surface area contributed by atoms with Gasteiger partial charge < -0.3 is 4.57 Å². The largest absolute Gasteiger partial charge is 0.345 e. The van der Waals surface area contributed by atoms with E-state index in [4.69, 9.17) is 0 Å². The number of hydrogen-bond acceptors (Lipinski definition) is 0. The Bertz CT molecular complexity index is 424. The number of benzene rings is 1. The number of aromatic nitrogens is 1. The number of fused-ring (bicyclic) bond motifs is 1. The second kappa shape index (κ2) is 2.91. The maximum Gasteiger partial charge on any atom is 0.0482 e. The van der Waals surface area contributed by atoms with Crippen LogP contribution in [0.1, 0.15) is 25.5 Å². The minimum Gasteiger partial charge on any atom is -0.345 e. The van der Waals surface area contributed by atoms with Gasteiger partial charge in [-0.05, 0) is 44.4 Å². The van der Waals surface area contributed by atoms with Crippen LogP contribution in [0.4, 0.5) is 0 Å². The van der Waals surface area contributed by atoms with E-state index in [-0.39, 0.29) is 0 Å². The molecule has 2 rings (SSSR count). The summed E-state index contributed by atoms with van der Waals surface area (Å²) in [4.78, 5) is 0. The molecule has 0 aliphatic heterocycles. The molecule has 0 bridgehead atoms. The molecule has 0 saturated carbocycles. The number of hydrogen-bond donors (Lipinski definition) is 0. The van der Waals surface area contributed by atoms with Crippen LogP contribution < -0.4 is 0 Å². The Morgan fingerprint density at radius 1 is 1.15 bits per heavy atom. The van der Waals surface area contributed by atoms with Crippen molar-refractivity contribution in [3.8, 4) is 0 Å². The summed E-state index contributed by atoms with van der Waals surface area (Å²) in [5.41, 5.74) is 2.66. The molecule has 13 heavy (non-hydrogen) atoms. The SMILES string of the molecule is Cc1ccc2c(ccn2C(C)C)c1. The quantitative estimate of drug-likeness (QED) is 0.621. The van der Waals surface area contributed by atoms with Crippen molar-refractivity contribution >= 4 is 10.9 Å². The first kappa shape index (κ1) is 8.36. The van der Waals surface area contributed by atoms with Gasteiger partial charge in [0.25, 0.3) is 0 Å². The average Bonchev–Trinajstić information content (AvgIpc) is 2.46. The van der Waals surface area contributed by atoms with Crippen LogP contribution in [0.5, 0.6) is 0 Å². The Hall–Kier alpha value is -1.24. The van der Waals surface area contributed by atoms with Crippen molar-refractivity contribution in [2.75, 3.05) is 0 Å². The smallest absolute Gasteiger partial charge is 0.0482 e. The van der Waals surface area contributed by atoms with E-state index in [1.807, 2.05) is 0 Å². The second-order valence-electron chi connectivity index (χ2n) is 3.88. The van der Waals surface area contributed by atoms with E-state index < -0.39 is 0 Å². The number of nitrogens with zero attached hydrogens (tertiary/aromatic N) is 1. The topological polar surface area (TPSA) is 4.93 Å². The highest BCUT2D eigenvalue weighted by Gasteiger charge is 2.02. The van der Waals surface area contributed by atoms with Crippen molar-refractivity contribution in [1.29, 1.82) is 0 Å². The van der Waals surface area contributed by atoms with Crippen LogP contribution in [0, 0.1) is 6.92 Å². The first-order valence-corrected chi connectivity index (χ1v) is 4.75. The number of aryl methyl sites for hydroxylation is 1. The lowest BCUT2D eigenvalue weighted by molar-refractivity contribution is 0.623. The Morgan fingerprint density at radius 2 is 1.92 bits per heavy atom. The fourth-order valence-corrected chi connectivity index (χ4v) is 1.73. The molecular weight excluding hydrogens is 158 g/mol. The van der Waals surface area contributed by atoms with Gasteiger partial charge in [-0.2, -0.15) is 0 Å². The summed E-state index contributed by atoms with van der Waals surface area (Å²) in [5, 5.41) is 1.34. The van der Waals surface area contributed by atoms with Crippen molar-refractivity contribution < 1.29 is 0 Å². The van der Waals surface area contributed by atoms with Gasteiger partial charge in [0, 0.05) is 17.8 Å². The van der Waals surface area contributed by atoms with E-state index in [1.54, 1.807) is 0 Å². The van der Waals surface area contributed by atoms with Gasteiger partial charge in [0.1, 0.15) is 0 Å². The van der Waals surface area contributed by atoms with Crippen molar-refractivity contribution in [3.05, 3.63) is 36.0 Å². The molecule has 1 aromatic carbocycles. The summed E-state index contributed by atoms with van der Waals surface area (Å²) in [6.45, 7) is 6.55. The fourth-order valence-electron chi connectivity index (χ4n) is 1.73. The predicted octanol–water partition coefficient (Wildman–Crippen LogP) is 3.53. The molecule has 0 amide bonds. The highest BCUT2D eigenvalue weighted by Crippen LogP contribution is 2.20. The van der Waals surface area contributed by atoms with Crippen LogP contribution >= 0.6 is 0 Å². The van der Waals surface area contributed by atoms with E-state index in [9.17, 15) is 0 Å². The lowest BCUT2D eigenvalue weighted by Crippen LogP contribution is -1.97. The Labute approximate surface area is 79.0 Å². The van der Waals surface area contributed by atoms with Crippen LogP contribution in [-0.4, -0.2) is 4.57 Å². The van der Waals surface area contributed by atoms with Crippen LogP contribution in [0.2, 0.25) is 0 Å². The highest BCUT2D eigenvalue weighted by molar-refractivity contribution is 5.80. The zero-order valence-corrected chi connectivity index (χ0v) is 8.41. The molecule has 0 aliphatic rings. The summed E-state index contributed by atoms with van der Waals surface area (Å²) in [5.74, 6) is 0. The summed E-state index contributed by atoms with van der Waals surface area (Å²) in [6.07, 6.45) is 2.16. The van der Waals surface area contributed by atoms with Crippen LogP contribution in [0.25, 0.3) is 10.9 Å². The lowest BCUT2D eigenvalue weighted by atomic mass is 10.2. The molecule has 1 nitrogen and oxygen atoms in total. The maximum absolute atomic E-state index is 2.30. The molecule has 0 fully saturated rings. The second-order valence-corrected chi connectivity index (χ2v) is 3.88. The third-order valence-corrected chi connectivity index (χ3v) is 2.43. The van der Waals surface area contributed by atoms with Gasteiger partial charge >= 0.3 is 0 Å². The molecule has 2 aromatic rings. The maximum atomic E-state index is 2.30. The zero-order chi connectivity index (χ0) is 9.42. The van der Waals surface area contributed by atoms with E-state index >= 15 is 0 Å². The average molecular weight is 173 g/mol.